The Morgan fingerprint density at radius 3 is 2.93 bits per heavy atom. The second-order valence-corrected chi connectivity index (χ2v) is 3.54. The van der Waals surface area contributed by atoms with Gasteiger partial charge in [0.2, 0.25) is 0 Å². The molecule has 2 atom stereocenters. The number of benzene rings is 1. The molecule has 0 aliphatic carbocycles. The molecule has 3 N–H and O–H groups in total. The van der Waals surface area contributed by atoms with Gasteiger partial charge in [0.25, 0.3) is 0 Å². The number of nitrogens with zero attached hydrogens (tertiary/aromatic N) is 1. The van der Waals surface area contributed by atoms with Gasteiger partial charge in [-0.05, 0) is 11.6 Å². The monoisotopic (exact) mass is 203 g/mol. The number of hydrogen-bond acceptors (Lipinski definition) is 4. The molecular weight excluding hydrogens is 190 g/mol. The smallest absolute Gasteiger partial charge is 0.0995 e. The second kappa shape index (κ2) is 4.41. The first-order valence-corrected chi connectivity index (χ1v) is 4.91. The van der Waals surface area contributed by atoms with Crippen LogP contribution in [0.5, 0.6) is 0 Å². The van der Waals surface area contributed by atoms with E-state index in [2.05, 4.69) is 11.4 Å². The van der Waals surface area contributed by atoms with Crippen molar-refractivity contribution in [1.29, 1.82) is 5.26 Å². The van der Waals surface area contributed by atoms with Gasteiger partial charge in [0.15, 0.2) is 0 Å². The molecule has 1 aromatic rings. The van der Waals surface area contributed by atoms with Crippen LogP contribution in [0.25, 0.3) is 0 Å². The number of rotatable bonds is 1. The predicted molar refractivity (Wildman–Crippen MR) is 55.8 cm³/mol. The van der Waals surface area contributed by atoms with Crippen LogP contribution < -0.4 is 11.1 Å². The zero-order valence-electron chi connectivity index (χ0n) is 8.31. The first kappa shape index (κ1) is 10.1. The Hall–Kier alpha value is -1.41. The number of morpholine rings is 1. The molecule has 0 radical (unpaired) electrons. The SMILES string of the molecule is N#Cc1ccccc1C1CNC(N)CO1. The number of nitriles is 1. The molecule has 1 fully saturated rings. The Kier molecular flexibility index (Phi) is 2.97. The van der Waals surface area contributed by atoms with Gasteiger partial charge in [-0.25, -0.2) is 0 Å². The highest BCUT2D eigenvalue weighted by atomic mass is 16.5. The molecular formula is C11H13N3O. The van der Waals surface area contributed by atoms with E-state index in [0.717, 1.165) is 5.56 Å². The quantitative estimate of drug-likeness (QED) is 0.697. The van der Waals surface area contributed by atoms with E-state index in [1.165, 1.54) is 0 Å². The van der Waals surface area contributed by atoms with E-state index in [9.17, 15) is 0 Å². The average molecular weight is 203 g/mol. The van der Waals surface area contributed by atoms with Crippen molar-refractivity contribution < 1.29 is 4.74 Å². The molecule has 1 saturated heterocycles. The summed E-state index contributed by atoms with van der Waals surface area (Å²) in [5.41, 5.74) is 7.24. The molecule has 4 nitrogen and oxygen atoms in total. The van der Waals surface area contributed by atoms with Crippen LogP contribution in [0.4, 0.5) is 0 Å². The maximum absolute atomic E-state index is 8.95. The maximum atomic E-state index is 8.95. The van der Waals surface area contributed by atoms with Crippen molar-refractivity contribution in [1.82, 2.24) is 5.32 Å². The van der Waals surface area contributed by atoms with Crippen molar-refractivity contribution in [3.63, 3.8) is 0 Å². The van der Waals surface area contributed by atoms with Gasteiger partial charge in [0.05, 0.1) is 30.5 Å². The summed E-state index contributed by atoms with van der Waals surface area (Å²) in [4.78, 5) is 0. The molecule has 0 spiro atoms. The Balaban J connectivity index is 2.19. The Bertz CT molecular complexity index is 378. The summed E-state index contributed by atoms with van der Waals surface area (Å²) < 4.78 is 5.58. The fourth-order valence-electron chi connectivity index (χ4n) is 1.68. The van der Waals surface area contributed by atoms with Gasteiger partial charge in [-0.15, -0.1) is 0 Å². The van der Waals surface area contributed by atoms with Crippen molar-refractivity contribution in [2.24, 2.45) is 5.73 Å². The minimum atomic E-state index is -0.101. The van der Waals surface area contributed by atoms with Crippen LogP contribution in [0.2, 0.25) is 0 Å². The fraction of sp³-hybridized carbons (Fsp3) is 0.364. The van der Waals surface area contributed by atoms with E-state index >= 15 is 0 Å². The summed E-state index contributed by atoms with van der Waals surface area (Å²) in [6, 6.07) is 9.64. The zero-order chi connectivity index (χ0) is 10.7. The highest BCUT2D eigenvalue weighted by molar-refractivity contribution is 5.39. The molecule has 1 heterocycles. The predicted octanol–water partition coefficient (Wildman–Crippen LogP) is 0.504. The zero-order valence-corrected chi connectivity index (χ0v) is 8.31. The third-order valence-corrected chi connectivity index (χ3v) is 2.47. The Morgan fingerprint density at radius 2 is 2.27 bits per heavy atom. The maximum Gasteiger partial charge on any atom is 0.0995 e. The highest BCUT2D eigenvalue weighted by Gasteiger charge is 2.21. The third kappa shape index (κ3) is 2.16. The minimum Gasteiger partial charge on any atom is -0.369 e. The number of ether oxygens (including phenoxy) is 1. The summed E-state index contributed by atoms with van der Waals surface area (Å²) in [6.45, 7) is 1.13. The van der Waals surface area contributed by atoms with Crippen molar-refractivity contribution in [2.45, 2.75) is 12.3 Å². The first-order valence-electron chi connectivity index (χ1n) is 4.91. The Labute approximate surface area is 88.6 Å². The number of hydrogen-bond donors (Lipinski definition) is 2. The lowest BCUT2D eigenvalue weighted by Gasteiger charge is -2.28. The summed E-state index contributed by atoms with van der Waals surface area (Å²) in [5.74, 6) is 0. The van der Waals surface area contributed by atoms with E-state index in [0.29, 0.717) is 18.7 Å². The van der Waals surface area contributed by atoms with Crippen molar-refractivity contribution in [3.8, 4) is 6.07 Å². The van der Waals surface area contributed by atoms with Crippen LogP contribution in [0.1, 0.15) is 17.2 Å². The van der Waals surface area contributed by atoms with Gasteiger partial charge in [-0.3, -0.25) is 5.32 Å². The minimum absolute atomic E-state index is 0.0688. The van der Waals surface area contributed by atoms with Gasteiger partial charge < -0.3 is 10.5 Å². The van der Waals surface area contributed by atoms with Crippen molar-refractivity contribution in [2.75, 3.05) is 13.2 Å². The normalized spacial score (nSPS) is 25.9. The van der Waals surface area contributed by atoms with Crippen LogP contribution in [0.15, 0.2) is 24.3 Å². The molecule has 2 unspecified atom stereocenters. The topological polar surface area (TPSA) is 71.1 Å². The number of nitrogens with two attached hydrogens (primary N) is 1. The van der Waals surface area contributed by atoms with Crippen LogP contribution in [0.3, 0.4) is 0 Å². The lowest BCUT2D eigenvalue weighted by molar-refractivity contribution is 0.00419. The third-order valence-electron chi connectivity index (χ3n) is 2.47. The molecule has 15 heavy (non-hydrogen) atoms. The Morgan fingerprint density at radius 1 is 1.47 bits per heavy atom. The number of nitrogens with one attached hydrogen (secondary N) is 1. The largest absolute Gasteiger partial charge is 0.369 e. The van der Waals surface area contributed by atoms with Gasteiger partial charge in [-0.1, -0.05) is 18.2 Å². The van der Waals surface area contributed by atoms with Crippen LogP contribution in [-0.2, 0) is 4.74 Å². The molecule has 1 aliphatic heterocycles. The van der Waals surface area contributed by atoms with E-state index in [1.54, 1.807) is 6.07 Å². The summed E-state index contributed by atoms with van der Waals surface area (Å²) in [5, 5.41) is 12.1. The van der Waals surface area contributed by atoms with Crippen molar-refractivity contribution >= 4 is 0 Å². The molecule has 0 saturated carbocycles. The van der Waals surface area contributed by atoms with E-state index in [1.807, 2.05) is 18.2 Å². The van der Waals surface area contributed by atoms with Crippen LogP contribution in [0, 0.1) is 11.3 Å². The first-order chi connectivity index (χ1) is 7.31. The molecule has 4 heteroatoms. The van der Waals surface area contributed by atoms with Crippen LogP contribution in [-0.4, -0.2) is 19.3 Å². The van der Waals surface area contributed by atoms with Gasteiger partial charge in [0, 0.05) is 6.54 Å². The van der Waals surface area contributed by atoms with E-state index in [4.69, 9.17) is 15.7 Å². The van der Waals surface area contributed by atoms with E-state index in [-0.39, 0.29) is 12.3 Å². The van der Waals surface area contributed by atoms with E-state index < -0.39 is 0 Å². The molecule has 1 aromatic carbocycles. The average Bonchev–Trinajstić information content (AvgIpc) is 2.30. The van der Waals surface area contributed by atoms with Gasteiger partial charge in [0.1, 0.15) is 0 Å². The highest BCUT2D eigenvalue weighted by Crippen LogP contribution is 2.22. The summed E-state index contributed by atoms with van der Waals surface area (Å²) in [7, 11) is 0. The molecule has 0 aromatic heterocycles. The molecule has 1 aliphatic rings. The lowest BCUT2D eigenvalue weighted by atomic mass is 10.0. The molecule has 2 rings (SSSR count). The molecule has 78 valence electrons. The lowest BCUT2D eigenvalue weighted by Crippen LogP contribution is -2.48. The van der Waals surface area contributed by atoms with Gasteiger partial charge in [-0.2, -0.15) is 5.26 Å². The second-order valence-electron chi connectivity index (χ2n) is 3.54. The van der Waals surface area contributed by atoms with Gasteiger partial charge >= 0.3 is 0 Å². The molecule has 0 bridgehead atoms. The fourth-order valence-corrected chi connectivity index (χ4v) is 1.68. The summed E-state index contributed by atoms with van der Waals surface area (Å²) in [6.07, 6.45) is -0.170. The standard InChI is InChI=1S/C11H13N3O/c12-5-8-3-1-2-4-9(8)10-6-14-11(13)7-15-10/h1-4,10-11,14H,6-7,13H2. The molecule has 0 amide bonds. The summed E-state index contributed by atoms with van der Waals surface area (Å²) >= 11 is 0. The van der Waals surface area contributed by atoms with Crippen LogP contribution >= 0.6 is 0 Å². The van der Waals surface area contributed by atoms with Crippen molar-refractivity contribution in [3.05, 3.63) is 35.4 Å².